The van der Waals surface area contributed by atoms with Crippen LogP contribution in [0.5, 0.6) is 0 Å². The summed E-state index contributed by atoms with van der Waals surface area (Å²) in [6, 6.07) is 0. The van der Waals surface area contributed by atoms with Gasteiger partial charge in [0.15, 0.2) is 0 Å². The maximum atomic E-state index is 6.24. The first-order chi connectivity index (χ1) is 12.2. The first-order valence-corrected chi connectivity index (χ1v) is 9.74. The summed E-state index contributed by atoms with van der Waals surface area (Å²) in [5, 5.41) is 4.26. The van der Waals surface area contributed by atoms with Crippen LogP contribution in [0.4, 0.5) is 0 Å². The minimum atomic E-state index is 0.0613. The average Bonchev–Trinajstić information content (AvgIpc) is 3.23. The molecule has 4 heterocycles. The van der Waals surface area contributed by atoms with E-state index in [0.717, 1.165) is 78.2 Å². The first-order valence-electron chi connectivity index (χ1n) is 9.74. The fourth-order valence-electron chi connectivity index (χ4n) is 4.37. The molecule has 140 valence electrons. The third-order valence-corrected chi connectivity index (χ3v) is 6.02. The molecule has 1 aromatic rings. The summed E-state index contributed by atoms with van der Waals surface area (Å²) >= 11 is 0. The van der Waals surface area contributed by atoms with E-state index in [4.69, 9.17) is 14.2 Å². The lowest BCUT2D eigenvalue weighted by molar-refractivity contribution is -0.0479. The fourth-order valence-corrected chi connectivity index (χ4v) is 4.37. The van der Waals surface area contributed by atoms with Gasteiger partial charge in [-0.3, -0.25) is 9.58 Å². The molecule has 3 fully saturated rings. The van der Waals surface area contributed by atoms with E-state index < -0.39 is 0 Å². The van der Waals surface area contributed by atoms with E-state index in [1.165, 1.54) is 5.56 Å². The van der Waals surface area contributed by atoms with Gasteiger partial charge in [0, 0.05) is 58.1 Å². The van der Waals surface area contributed by atoms with Crippen molar-refractivity contribution < 1.29 is 14.2 Å². The summed E-state index contributed by atoms with van der Waals surface area (Å²) in [5.74, 6) is 0.673. The molecule has 0 amide bonds. The SMILES string of the molecule is Cn1cc(CN2CCC3(CC2)C[C@H](OCC2CCOCC2)CO3)cn1. The standard InChI is InChI=1S/C19H31N3O3/c1-21-12-17(11-20-21)13-22-6-4-19(5-7-22)10-18(15-25-19)24-14-16-2-8-23-9-3-16/h11-12,16,18H,2-10,13-15H2,1H3/t18-/m0/s1. The summed E-state index contributed by atoms with van der Waals surface area (Å²) in [5.41, 5.74) is 1.36. The third kappa shape index (κ3) is 4.42. The molecule has 1 aromatic heterocycles. The summed E-state index contributed by atoms with van der Waals surface area (Å²) in [6.45, 7) is 6.63. The van der Waals surface area contributed by atoms with Gasteiger partial charge in [-0.05, 0) is 31.6 Å². The van der Waals surface area contributed by atoms with Crippen LogP contribution in [0.3, 0.4) is 0 Å². The highest BCUT2D eigenvalue weighted by atomic mass is 16.6. The smallest absolute Gasteiger partial charge is 0.0836 e. The van der Waals surface area contributed by atoms with Gasteiger partial charge in [-0.1, -0.05) is 0 Å². The molecule has 0 unspecified atom stereocenters. The number of nitrogens with zero attached hydrogens (tertiary/aromatic N) is 3. The summed E-state index contributed by atoms with van der Waals surface area (Å²) in [4.78, 5) is 2.52. The summed E-state index contributed by atoms with van der Waals surface area (Å²) in [7, 11) is 1.97. The van der Waals surface area contributed by atoms with Crippen molar-refractivity contribution in [2.24, 2.45) is 13.0 Å². The number of rotatable bonds is 5. The highest BCUT2D eigenvalue weighted by molar-refractivity contribution is 5.04. The number of ether oxygens (including phenoxy) is 3. The predicted molar refractivity (Wildman–Crippen MR) is 94.3 cm³/mol. The Morgan fingerprint density at radius 2 is 2.08 bits per heavy atom. The molecule has 0 aliphatic carbocycles. The van der Waals surface area contributed by atoms with Crippen LogP contribution in [0.25, 0.3) is 0 Å². The number of piperidine rings is 1. The van der Waals surface area contributed by atoms with E-state index in [1.807, 2.05) is 17.9 Å². The van der Waals surface area contributed by atoms with Crippen molar-refractivity contribution in [3.05, 3.63) is 18.0 Å². The number of aryl methyl sites for hydroxylation is 1. The molecule has 0 N–H and O–H groups in total. The molecule has 6 nitrogen and oxygen atoms in total. The van der Waals surface area contributed by atoms with Gasteiger partial charge in [-0.15, -0.1) is 0 Å². The van der Waals surface area contributed by atoms with Crippen LogP contribution in [0.2, 0.25) is 0 Å². The molecule has 0 radical (unpaired) electrons. The van der Waals surface area contributed by atoms with Crippen molar-refractivity contribution in [2.45, 2.75) is 50.4 Å². The molecule has 25 heavy (non-hydrogen) atoms. The molecule has 1 atom stereocenters. The maximum absolute atomic E-state index is 6.24. The van der Waals surface area contributed by atoms with Crippen LogP contribution in [0, 0.1) is 5.92 Å². The molecular weight excluding hydrogens is 318 g/mol. The van der Waals surface area contributed by atoms with Gasteiger partial charge in [0.2, 0.25) is 0 Å². The Morgan fingerprint density at radius 3 is 2.80 bits per heavy atom. The molecule has 0 aromatic carbocycles. The zero-order valence-corrected chi connectivity index (χ0v) is 15.4. The minimum Gasteiger partial charge on any atom is -0.381 e. The maximum Gasteiger partial charge on any atom is 0.0836 e. The second kappa shape index (κ2) is 7.74. The molecule has 3 saturated heterocycles. The fraction of sp³-hybridized carbons (Fsp3) is 0.842. The van der Waals surface area contributed by atoms with E-state index in [-0.39, 0.29) is 11.7 Å². The zero-order valence-electron chi connectivity index (χ0n) is 15.4. The number of hydrogen-bond donors (Lipinski definition) is 0. The second-order valence-electron chi connectivity index (χ2n) is 8.01. The van der Waals surface area contributed by atoms with Crippen molar-refractivity contribution in [1.29, 1.82) is 0 Å². The van der Waals surface area contributed by atoms with Crippen LogP contribution in [-0.2, 0) is 27.8 Å². The highest BCUT2D eigenvalue weighted by Crippen LogP contribution is 2.37. The zero-order chi connectivity index (χ0) is 17.1. The molecule has 4 rings (SSSR count). The van der Waals surface area contributed by atoms with Gasteiger partial charge >= 0.3 is 0 Å². The van der Waals surface area contributed by atoms with Gasteiger partial charge in [0.25, 0.3) is 0 Å². The van der Waals surface area contributed by atoms with E-state index >= 15 is 0 Å². The van der Waals surface area contributed by atoms with Crippen LogP contribution in [-0.4, -0.2) is 65.9 Å². The average molecular weight is 349 g/mol. The molecular formula is C19H31N3O3. The largest absolute Gasteiger partial charge is 0.381 e. The summed E-state index contributed by atoms with van der Waals surface area (Å²) < 4.78 is 19.7. The lowest BCUT2D eigenvalue weighted by atomic mass is 9.88. The lowest BCUT2D eigenvalue weighted by Gasteiger charge is -2.38. The van der Waals surface area contributed by atoms with Crippen molar-refractivity contribution in [1.82, 2.24) is 14.7 Å². The van der Waals surface area contributed by atoms with E-state index in [1.54, 1.807) is 0 Å². The van der Waals surface area contributed by atoms with E-state index in [0.29, 0.717) is 5.92 Å². The van der Waals surface area contributed by atoms with E-state index in [9.17, 15) is 0 Å². The van der Waals surface area contributed by atoms with Gasteiger partial charge in [-0.2, -0.15) is 5.10 Å². The van der Waals surface area contributed by atoms with Gasteiger partial charge < -0.3 is 14.2 Å². The quantitative estimate of drug-likeness (QED) is 0.814. The van der Waals surface area contributed by atoms with Gasteiger partial charge in [-0.25, -0.2) is 0 Å². The third-order valence-electron chi connectivity index (χ3n) is 6.02. The van der Waals surface area contributed by atoms with Crippen LogP contribution in [0.1, 0.15) is 37.7 Å². The molecule has 3 aliphatic heterocycles. The first kappa shape index (κ1) is 17.5. The normalized spacial score (nSPS) is 28.0. The van der Waals surface area contributed by atoms with Crippen molar-refractivity contribution in [3.63, 3.8) is 0 Å². The van der Waals surface area contributed by atoms with E-state index in [2.05, 4.69) is 16.2 Å². The Morgan fingerprint density at radius 1 is 1.28 bits per heavy atom. The van der Waals surface area contributed by atoms with Gasteiger partial charge in [0.05, 0.1) is 31.1 Å². The predicted octanol–water partition coefficient (Wildman–Crippen LogP) is 1.99. The highest BCUT2D eigenvalue weighted by Gasteiger charge is 2.43. The van der Waals surface area contributed by atoms with Crippen molar-refractivity contribution in [3.8, 4) is 0 Å². The molecule has 0 saturated carbocycles. The number of aromatic nitrogens is 2. The molecule has 3 aliphatic rings. The Kier molecular flexibility index (Phi) is 5.41. The number of hydrogen-bond acceptors (Lipinski definition) is 5. The van der Waals surface area contributed by atoms with Crippen molar-refractivity contribution in [2.75, 3.05) is 39.5 Å². The number of likely N-dealkylation sites (tertiary alicyclic amines) is 1. The second-order valence-corrected chi connectivity index (χ2v) is 8.01. The van der Waals surface area contributed by atoms with Gasteiger partial charge in [0.1, 0.15) is 0 Å². The molecule has 6 heteroatoms. The monoisotopic (exact) mass is 349 g/mol. The Hall–Kier alpha value is -0.950. The van der Waals surface area contributed by atoms with Crippen LogP contribution in [0.15, 0.2) is 12.4 Å². The summed E-state index contributed by atoms with van der Waals surface area (Å²) in [6.07, 6.45) is 9.94. The Labute approximate surface area is 150 Å². The molecule has 1 spiro atoms. The van der Waals surface area contributed by atoms with Crippen LogP contribution >= 0.6 is 0 Å². The van der Waals surface area contributed by atoms with Crippen molar-refractivity contribution >= 4 is 0 Å². The lowest BCUT2D eigenvalue weighted by Crippen LogP contribution is -2.43. The van der Waals surface area contributed by atoms with Crippen LogP contribution < -0.4 is 0 Å². The minimum absolute atomic E-state index is 0.0613. The Bertz CT molecular complexity index is 548. The Balaban J connectivity index is 1.20. The molecule has 0 bridgehead atoms. The topological polar surface area (TPSA) is 48.8 Å².